The predicted molar refractivity (Wildman–Crippen MR) is 411 cm³/mol. The molecule has 0 N–H and O–H groups in total. The fourth-order valence-corrected chi connectivity index (χ4v) is 13.7. The van der Waals surface area contributed by atoms with E-state index in [4.69, 9.17) is 27.5 Å². The van der Waals surface area contributed by atoms with Gasteiger partial charge in [0.2, 0.25) is 0 Å². The number of benzene rings is 9. The van der Waals surface area contributed by atoms with E-state index in [-0.39, 0.29) is 16.3 Å². The van der Waals surface area contributed by atoms with Crippen molar-refractivity contribution in [2.24, 2.45) is 5.41 Å². The van der Waals surface area contributed by atoms with Gasteiger partial charge in [-0.3, -0.25) is 14.4 Å². The summed E-state index contributed by atoms with van der Waals surface area (Å²) in [6.07, 6.45) is 8.52. The van der Waals surface area contributed by atoms with E-state index in [1.54, 1.807) is 18.2 Å². The second-order valence-corrected chi connectivity index (χ2v) is 28.0. The Morgan fingerprint density at radius 1 is 0.386 bits per heavy atom. The second kappa shape index (κ2) is 31.3. The predicted octanol–water partition coefficient (Wildman–Crippen LogP) is 19.2. The summed E-state index contributed by atoms with van der Waals surface area (Å²) in [4.78, 5) is 48.5. The minimum Gasteiger partial charge on any atom is -0.485 e. The Balaban J connectivity index is 0.000000136. The maximum absolute atomic E-state index is 13.0. The number of hydrogen-bond acceptors (Lipinski definition) is 13. The van der Waals surface area contributed by atoms with Crippen molar-refractivity contribution in [3.63, 3.8) is 0 Å². The van der Waals surface area contributed by atoms with Crippen LogP contribution in [-0.4, -0.2) is 64.3 Å². The van der Waals surface area contributed by atoms with Gasteiger partial charge in [0.15, 0.2) is 50.3 Å². The molecule has 6 heterocycles. The quantitative estimate of drug-likeness (QED) is 0.0910. The van der Waals surface area contributed by atoms with Gasteiger partial charge in [0.05, 0.1) is 16.2 Å². The second-order valence-electron chi connectivity index (χ2n) is 28.0. The topological polar surface area (TPSA) is 131 Å². The van der Waals surface area contributed by atoms with Crippen molar-refractivity contribution in [3.05, 3.63) is 282 Å². The largest absolute Gasteiger partial charge is 0.485 e. The van der Waals surface area contributed by atoms with E-state index in [1.807, 2.05) is 185 Å². The lowest BCUT2D eigenvalue weighted by molar-refractivity contribution is 0.249. The van der Waals surface area contributed by atoms with Gasteiger partial charge < -0.3 is 47.1 Å². The molecule has 9 aromatic carbocycles. The van der Waals surface area contributed by atoms with Crippen LogP contribution in [0.1, 0.15) is 92.2 Å². The smallest absolute Gasteiger partial charge is 0.193 e. The van der Waals surface area contributed by atoms with Crippen molar-refractivity contribution in [2.75, 3.05) is 68.1 Å². The molecule has 0 spiro atoms. The summed E-state index contributed by atoms with van der Waals surface area (Å²) >= 11 is 0. The average Bonchev–Trinajstić information content (AvgIpc) is 0.788. The summed E-state index contributed by atoms with van der Waals surface area (Å²) in [5, 5.41) is 1.60. The van der Waals surface area contributed by atoms with Crippen LogP contribution < -0.4 is 45.2 Å². The van der Waals surface area contributed by atoms with Gasteiger partial charge in [0.25, 0.3) is 0 Å². The molecule has 13 nitrogen and oxygen atoms in total. The van der Waals surface area contributed by atoms with Crippen LogP contribution in [0, 0.1) is 26.2 Å². The van der Waals surface area contributed by atoms with Gasteiger partial charge >= 0.3 is 0 Å². The van der Waals surface area contributed by atoms with Gasteiger partial charge in [-0.15, -0.1) is 0 Å². The highest BCUT2D eigenvalue weighted by Gasteiger charge is 2.27. The van der Waals surface area contributed by atoms with Crippen LogP contribution in [-0.2, 0) is 19.8 Å². The Kier molecular flexibility index (Phi) is 21.3. The zero-order valence-corrected chi connectivity index (χ0v) is 59.1. The zero-order valence-electron chi connectivity index (χ0n) is 59.1. The van der Waals surface area contributed by atoms with Crippen molar-refractivity contribution in [2.45, 2.75) is 105 Å². The van der Waals surface area contributed by atoms with E-state index in [2.05, 4.69) is 83.9 Å². The molecular weight excluding hydrogens is 1260 g/mol. The molecule has 516 valence electrons. The molecule has 15 rings (SSSR count). The van der Waals surface area contributed by atoms with Crippen molar-refractivity contribution < 1.29 is 27.5 Å². The lowest BCUT2D eigenvalue weighted by Crippen LogP contribution is -2.41. The van der Waals surface area contributed by atoms with Crippen molar-refractivity contribution in [1.82, 2.24) is 4.90 Å². The van der Waals surface area contributed by atoms with Crippen LogP contribution >= 0.6 is 0 Å². The summed E-state index contributed by atoms with van der Waals surface area (Å²) in [7, 11) is 4.32. The lowest BCUT2D eigenvalue weighted by atomic mass is 9.82. The maximum atomic E-state index is 13.0. The molecule has 0 unspecified atom stereocenters. The van der Waals surface area contributed by atoms with Crippen LogP contribution in [0.2, 0.25) is 0 Å². The molecule has 0 aliphatic carbocycles. The monoisotopic (exact) mass is 1350 g/mol. The van der Waals surface area contributed by atoms with E-state index in [9.17, 15) is 14.4 Å². The first-order valence-electron chi connectivity index (χ1n) is 35.5. The van der Waals surface area contributed by atoms with E-state index in [0.29, 0.717) is 98.7 Å². The first-order valence-corrected chi connectivity index (χ1v) is 35.5. The van der Waals surface area contributed by atoms with E-state index in [1.165, 1.54) is 62.0 Å². The molecular formula is C88H90N4O9. The van der Waals surface area contributed by atoms with Crippen LogP contribution in [0.15, 0.2) is 246 Å². The van der Waals surface area contributed by atoms with Gasteiger partial charge in [-0.2, -0.15) is 0 Å². The van der Waals surface area contributed by atoms with Crippen molar-refractivity contribution >= 4 is 50.0 Å². The maximum Gasteiger partial charge on any atom is 0.193 e. The third-order valence-electron chi connectivity index (χ3n) is 20.0. The van der Waals surface area contributed by atoms with Gasteiger partial charge in [-0.1, -0.05) is 123 Å². The molecule has 3 aliphatic rings. The van der Waals surface area contributed by atoms with Gasteiger partial charge in [0.1, 0.15) is 37.1 Å². The number of hydrogen-bond donors (Lipinski definition) is 0. The third-order valence-corrected chi connectivity index (χ3v) is 20.0. The number of piperidine rings is 3. The number of anilines is 3. The Labute approximate surface area is 591 Å². The molecule has 3 fully saturated rings. The molecule has 0 bridgehead atoms. The van der Waals surface area contributed by atoms with E-state index >= 15 is 0 Å². The van der Waals surface area contributed by atoms with Gasteiger partial charge in [-0.25, -0.2) is 0 Å². The molecule has 12 aromatic rings. The molecule has 0 amide bonds. The summed E-state index contributed by atoms with van der Waals surface area (Å²) < 4.78 is 37.4. The van der Waals surface area contributed by atoms with Crippen molar-refractivity contribution in [1.29, 1.82) is 0 Å². The Morgan fingerprint density at radius 3 is 1.01 bits per heavy atom. The fourth-order valence-electron chi connectivity index (χ4n) is 13.7. The molecule has 0 saturated carbocycles. The molecule has 3 aromatic heterocycles. The summed E-state index contributed by atoms with van der Waals surface area (Å²) in [5.74, 6) is 3.52. The SMILES string of the molecule is Cc1ccc2c(=O)cc(-c3ccc(N4CCC(C)(C)CC4)cc3)oc2c1OCc1ccccc1.Cc1ccc2c(=O)cc(-c3ccc(N4CCC(N(C)C)CC4)cc3)oc2c1OCc1ccccc1.Cc1ccc2c(=O)cc(-c3ccc(N4CCCCC4)cc3)oc2c1OCc1ccccc1. The lowest BCUT2D eigenvalue weighted by Gasteiger charge is -2.38. The van der Waals surface area contributed by atoms with Gasteiger partial charge in [0, 0.05) is 97.3 Å². The molecule has 3 saturated heterocycles. The van der Waals surface area contributed by atoms with Crippen LogP contribution in [0.25, 0.3) is 66.9 Å². The molecule has 13 heteroatoms. The van der Waals surface area contributed by atoms with Gasteiger partial charge in [-0.05, 0) is 210 Å². The van der Waals surface area contributed by atoms with Crippen LogP contribution in [0.3, 0.4) is 0 Å². The van der Waals surface area contributed by atoms with Crippen molar-refractivity contribution in [3.8, 4) is 51.2 Å². The molecule has 0 atom stereocenters. The minimum atomic E-state index is -0.0688. The number of ether oxygens (including phenoxy) is 3. The first kappa shape index (κ1) is 68.9. The molecule has 3 aliphatic heterocycles. The normalized spacial score (nSPS) is 14.7. The number of rotatable bonds is 16. The van der Waals surface area contributed by atoms with Crippen LogP contribution in [0.5, 0.6) is 17.2 Å². The highest BCUT2D eigenvalue weighted by molar-refractivity contribution is 5.88. The summed E-state index contributed by atoms with van der Waals surface area (Å²) in [6, 6.07) is 71.5. The number of fused-ring (bicyclic) bond motifs is 3. The van der Waals surface area contributed by atoms with Crippen LogP contribution in [0.4, 0.5) is 17.1 Å². The molecule has 101 heavy (non-hydrogen) atoms. The Hall–Kier alpha value is -10.6. The van der Waals surface area contributed by atoms with E-state index < -0.39 is 0 Å². The Bertz CT molecular complexity index is 4970. The number of aryl methyl sites for hydroxylation is 3. The minimum absolute atomic E-state index is 0.0640. The van der Waals surface area contributed by atoms with E-state index in [0.717, 1.165) is 89.3 Å². The first-order chi connectivity index (χ1) is 49.1. The highest BCUT2D eigenvalue weighted by atomic mass is 16.5. The number of nitrogens with zero attached hydrogens (tertiary/aromatic N) is 4. The molecule has 0 radical (unpaired) electrons. The Morgan fingerprint density at radius 2 is 0.693 bits per heavy atom. The third kappa shape index (κ3) is 16.5. The average molecular weight is 1350 g/mol. The highest BCUT2D eigenvalue weighted by Crippen LogP contribution is 2.38. The summed E-state index contributed by atoms with van der Waals surface area (Å²) in [5.41, 5.74) is 14.0. The summed E-state index contributed by atoms with van der Waals surface area (Å²) in [6.45, 7) is 18.3. The fraction of sp³-hybridized carbons (Fsp3) is 0.284. The standard InChI is InChI=1S/C30H32N2O3.C30H31NO3.C28H27NO3/c1-21-9-14-26-27(33)19-28(35-30(26)29(21)34-20-22-7-5-4-6-8-22)23-10-12-25(13-11-23)32-17-15-24(16-18-32)31(2)3;1-21-9-14-25-26(32)19-27(34-29(25)28(21)33-20-22-7-5-4-6-8-22)23-10-12-24(13-11-23)31-17-15-30(2,3)16-18-31;1-20-10-15-24-25(30)18-26(22-11-13-23(14-12-22)29-16-6-3-7-17-29)32-28(24)27(20)31-19-21-8-4-2-5-9-21/h4-14,19,24H,15-18,20H2,1-3H3;4-14,19H,15-18,20H2,1-3H3;2,4-5,8-15,18H,3,6-7,16-17,19H2,1H3. The zero-order chi connectivity index (χ0) is 70.0.